The summed E-state index contributed by atoms with van der Waals surface area (Å²) in [4.78, 5) is 9.71. The van der Waals surface area contributed by atoms with Crippen molar-refractivity contribution in [1.82, 2.24) is 14.8 Å². The third-order valence-corrected chi connectivity index (χ3v) is 4.41. The molecule has 0 amide bonds. The molecule has 3 heterocycles. The van der Waals surface area contributed by atoms with Gasteiger partial charge in [0.1, 0.15) is 0 Å². The Morgan fingerprint density at radius 3 is 2.74 bits per heavy atom. The first-order valence-corrected chi connectivity index (χ1v) is 7.45. The van der Waals surface area contributed by atoms with Crippen LogP contribution < -0.4 is 5.73 Å². The molecule has 19 heavy (non-hydrogen) atoms. The second-order valence-electron chi connectivity index (χ2n) is 5.78. The maximum atomic E-state index is 5.60. The lowest BCUT2D eigenvalue weighted by Crippen LogP contribution is -2.35. The van der Waals surface area contributed by atoms with Crippen molar-refractivity contribution in [2.45, 2.75) is 38.4 Å². The SMILES string of the molecule is NCc1ccc(CN2CCC(N3CCCC3)C2)nc1. The van der Waals surface area contributed by atoms with Gasteiger partial charge in [0.15, 0.2) is 0 Å². The Morgan fingerprint density at radius 1 is 1.21 bits per heavy atom. The minimum Gasteiger partial charge on any atom is -0.326 e. The molecule has 0 bridgehead atoms. The molecular formula is C15H24N4. The van der Waals surface area contributed by atoms with E-state index in [0.717, 1.165) is 18.2 Å². The third-order valence-electron chi connectivity index (χ3n) is 4.41. The van der Waals surface area contributed by atoms with E-state index in [0.29, 0.717) is 6.54 Å². The van der Waals surface area contributed by atoms with Gasteiger partial charge in [-0.25, -0.2) is 0 Å². The van der Waals surface area contributed by atoms with Crippen molar-refractivity contribution in [3.63, 3.8) is 0 Å². The first-order valence-electron chi connectivity index (χ1n) is 7.45. The van der Waals surface area contributed by atoms with Crippen LogP contribution in [0.4, 0.5) is 0 Å². The molecule has 1 unspecified atom stereocenters. The van der Waals surface area contributed by atoms with Crippen molar-refractivity contribution >= 4 is 0 Å². The lowest BCUT2D eigenvalue weighted by molar-refractivity contribution is 0.229. The summed E-state index contributed by atoms with van der Waals surface area (Å²) in [6.45, 7) is 6.59. The molecule has 4 heteroatoms. The van der Waals surface area contributed by atoms with Crippen molar-refractivity contribution in [2.75, 3.05) is 26.2 Å². The monoisotopic (exact) mass is 260 g/mol. The average molecular weight is 260 g/mol. The predicted molar refractivity (Wildman–Crippen MR) is 76.6 cm³/mol. The van der Waals surface area contributed by atoms with Crippen LogP contribution in [0.15, 0.2) is 18.3 Å². The van der Waals surface area contributed by atoms with E-state index in [4.69, 9.17) is 5.73 Å². The van der Waals surface area contributed by atoms with Gasteiger partial charge >= 0.3 is 0 Å². The summed E-state index contributed by atoms with van der Waals surface area (Å²) >= 11 is 0. The van der Waals surface area contributed by atoms with E-state index in [-0.39, 0.29) is 0 Å². The number of aromatic nitrogens is 1. The molecule has 4 nitrogen and oxygen atoms in total. The van der Waals surface area contributed by atoms with Crippen molar-refractivity contribution in [1.29, 1.82) is 0 Å². The highest BCUT2D eigenvalue weighted by atomic mass is 15.3. The van der Waals surface area contributed by atoms with Gasteiger partial charge in [-0.15, -0.1) is 0 Å². The largest absolute Gasteiger partial charge is 0.326 e. The van der Waals surface area contributed by atoms with Crippen LogP contribution >= 0.6 is 0 Å². The average Bonchev–Trinajstić information content (AvgIpc) is 3.10. The quantitative estimate of drug-likeness (QED) is 0.884. The first-order chi connectivity index (χ1) is 9.35. The molecule has 2 fully saturated rings. The van der Waals surface area contributed by atoms with Crippen molar-refractivity contribution in [2.24, 2.45) is 5.73 Å². The van der Waals surface area contributed by atoms with Crippen molar-refractivity contribution in [3.05, 3.63) is 29.6 Å². The molecule has 0 aliphatic carbocycles. The maximum absolute atomic E-state index is 5.60. The zero-order valence-electron chi connectivity index (χ0n) is 11.6. The molecule has 2 aliphatic rings. The molecule has 1 aromatic heterocycles. The van der Waals surface area contributed by atoms with Crippen LogP contribution in [0.25, 0.3) is 0 Å². The molecule has 3 rings (SSSR count). The molecule has 0 saturated carbocycles. The Bertz CT molecular complexity index is 397. The Morgan fingerprint density at radius 2 is 2.05 bits per heavy atom. The summed E-state index contributed by atoms with van der Waals surface area (Å²) in [7, 11) is 0. The molecule has 2 saturated heterocycles. The Hall–Kier alpha value is -0.970. The summed E-state index contributed by atoms with van der Waals surface area (Å²) in [6.07, 6.45) is 6.00. The van der Waals surface area contributed by atoms with Gasteiger partial charge in [-0.05, 0) is 44.0 Å². The van der Waals surface area contributed by atoms with E-state index in [1.54, 1.807) is 0 Å². The summed E-state index contributed by atoms with van der Waals surface area (Å²) in [5, 5.41) is 0. The van der Waals surface area contributed by atoms with E-state index in [1.807, 2.05) is 6.20 Å². The maximum Gasteiger partial charge on any atom is 0.0544 e. The molecule has 2 N–H and O–H groups in total. The number of likely N-dealkylation sites (tertiary alicyclic amines) is 2. The van der Waals surface area contributed by atoms with Gasteiger partial charge < -0.3 is 5.73 Å². The van der Waals surface area contributed by atoms with E-state index >= 15 is 0 Å². The summed E-state index contributed by atoms with van der Waals surface area (Å²) < 4.78 is 0. The molecule has 1 atom stereocenters. The molecule has 0 aromatic carbocycles. The minimum atomic E-state index is 0.577. The molecule has 2 aliphatic heterocycles. The highest BCUT2D eigenvalue weighted by Gasteiger charge is 2.29. The van der Waals surface area contributed by atoms with Crippen LogP contribution in [0.1, 0.15) is 30.5 Å². The Kier molecular flexibility index (Phi) is 4.11. The molecule has 1 aromatic rings. The molecule has 104 valence electrons. The van der Waals surface area contributed by atoms with Crippen LogP contribution in [0, 0.1) is 0 Å². The van der Waals surface area contributed by atoms with Crippen LogP contribution in [-0.4, -0.2) is 47.0 Å². The fourth-order valence-corrected chi connectivity index (χ4v) is 3.26. The lowest BCUT2D eigenvalue weighted by Gasteiger charge is -2.23. The summed E-state index contributed by atoms with van der Waals surface area (Å²) in [5.74, 6) is 0. The van der Waals surface area contributed by atoms with Gasteiger partial charge in [0, 0.05) is 38.4 Å². The highest BCUT2D eigenvalue weighted by Crippen LogP contribution is 2.21. The van der Waals surface area contributed by atoms with Gasteiger partial charge in [-0.1, -0.05) is 6.07 Å². The third kappa shape index (κ3) is 3.14. The van der Waals surface area contributed by atoms with Crippen LogP contribution in [0.5, 0.6) is 0 Å². The highest BCUT2D eigenvalue weighted by molar-refractivity contribution is 5.13. The van der Waals surface area contributed by atoms with Gasteiger partial charge in [0.25, 0.3) is 0 Å². The number of nitrogens with two attached hydrogens (primary N) is 1. The number of hydrogen-bond acceptors (Lipinski definition) is 4. The topological polar surface area (TPSA) is 45.4 Å². The van der Waals surface area contributed by atoms with Crippen LogP contribution in [0.3, 0.4) is 0 Å². The second kappa shape index (κ2) is 5.99. The standard InChI is InChI=1S/C15H24N4/c16-9-13-3-4-14(17-10-13)11-18-8-5-15(12-18)19-6-1-2-7-19/h3-4,10,15H,1-2,5-9,11-12,16H2. The second-order valence-corrected chi connectivity index (χ2v) is 5.78. The summed E-state index contributed by atoms with van der Waals surface area (Å²) in [6, 6.07) is 4.99. The lowest BCUT2D eigenvalue weighted by atomic mass is 10.2. The van der Waals surface area contributed by atoms with Gasteiger partial charge in [-0.3, -0.25) is 14.8 Å². The summed E-state index contributed by atoms with van der Waals surface area (Å²) in [5.41, 5.74) is 7.87. The fraction of sp³-hybridized carbons (Fsp3) is 0.667. The fourth-order valence-electron chi connectivity index (χ4n) is 3.26. The predicted octanol–water partition coefficient (Wildman–Crippen LogP) is 1.21. The normalized spacial score (nSPS) is 25.2. The van der Waals surface area contributed by atoms with Crippen molar-refractivity contribution < 1.29 is 0 Å². The number of rotatable bonds is 4. The number of nitrogens with zero attached hydrogens (tertiary/aromatic N) is 3. The Balaban J connectivity index is 1.53. The molecule has 0 radical (unpaired) electrons. The molecule has 0 spiro atoms. The zero-order valence-corrected chi connectivity index (χ0v) is 11.6. The Labute approximate surface area is 115 Å². The zero-order chi connectivity index (χ0) is 13.1. The first kappa shape index (κ1) is 13.0. The van der Waals surface area contributed by atoms with Gasteiger partial charge in [0.2, 0.25) is 0 Å². The number of pyridine rings is 1. The van der Waals surface area contributed by atoms with E-state index in [2.05, 4.69) is 26.9 Å². The minimum absolute atomic E-state index is 0.577. The van der Waals surface area contributed by atoms with Gasteiger partial charge in [0.05, 0.1) is 5.69 Å². The van der Waals surface area contributed by atoms with Crippen LogP contribution in [-0.2, 0) is 13.1 Å². The smallest absolute Gasteiger partial charge is 0.0544 e. The number of hydrogen-bond donors (Lipinski definition) is 1. The van der Waals surface area contributed by atoms with Crippen LogP contribution in [0.2, 0.25) is 0 Å². The molecular weight excluding hydrogens is 236 g/mol. The van der Waals surface area contributed by atoms with Gasteiger partial charge in [-0.2, -0.15) is 0 Å². The van der Waals surface area contributed by atoms with Crippen molar-refractivity contribution in [3.8, 4) is 0 Å². The van der Waals surface area contributed by atoms with E-state index in [9.17, 15) is 0 Å². The van der Waals surface area contributed by atoms with E-state index < -0.39 is 0 Å². The van der Waals surface area contributed by atoms with E-state index in [1.165, 1.54) is 51.1 Å².